The Balaban J connectivity index is 4.18. The van der Waals surface area contributed by atoms with E-state index >= 15 is 0 Å². The van der Waals surface area contributed by atoms with Crippen LogP contribution >= 0.6 is 12.2 Å². The third-order valence-electron chi connectivity index (χ3n) is 2.24. The second kappa shape index (κ2) is 6.40. The summed E-state index contributed by atoms with van der Waals surface area (Å²) in [5.41, 5.74) is 5.41. The number of hydrogen-bond acceptors (Lipinski definition) is 4. The molecule has 0 fully saturated rings. The highest BCUT2D eigenvalue weighted by Gasteiger charge is 2.17. The third-order valence-corrected chi connectivity index (χ3v) is 4.55. The Labute approximate surface area is 97.7 Å². The molecule has 0 aromatic rings. The number of sulfone groups is 1. The Bertz CT molecular complexity index is 299. The first kappa shape index (κ1) is 14.8. The summed E-state index contributed by atoms with van der Waals surface area (Å²) in [6.07, 6.45) is 0. The fraction of sp³-hybridized carbons (Fsp3) is 0.889. The first-order valence-electron chi connectivity index (χ1n) is 5.01. The maximum atomic E-state index is 11.5. The number of thiocarbonyl (C=S) groups is 1. The monoisotopic (exact) mass is 252 g/mol. The summed E-state index contributed by atoms with van der Waals surface area (Å²) in [5, 5.41) is -0.318. The lowest BCUT2D eigenvalue weighted by Crippen LogP contribution is -2.37. The van der Waals surface area contributed by atoms with E-state index in [1.54, 1.807) is 13.8 Å². The summed E-state index contributed by atoms with van der Waals surface area (Å²) < 4.78 is 23.1. The number of hydrogen-bond donors (Lipinski definition) is 1. The molecule has 2 N–H and O–H groups in total. The van der Waals surface area contributed by atoms with Crippen LogP contribution in [0, 0.1) is 0 Å². The molecular formula is C9H20N2O2S2. The van der Waals surface area contributed by atoms with Gasteiger partial charge < -0.3 is 5.73 Å². The highest BCUT2D eigenvalue weighted by Crippen LogP contribution is 2.01. The molecule has 0 saturated carbocycles. The lowest BCUT2D eigenvalue weighted by Gasteiger charge is -2.19. The highest BCUT2D eigenvalue weighted by molar-refractivity contribution is 7.92. The van der Waals surface area contributed by atoms with Crippen molar-refractivity contribution in [3.8, 4) is 0 Å². The molecule has 15 heavy (non-hydrogen) atoms. The molecule has 0 unspecified atom stereocenters. The predicted molar refractivity (Wildman–Crippen MR) is 67.8 cm³/mol. The molecule has 0 aromatic carbocycles. The van der Waals surface area contributed by atoms with E-state index in [9.17, 15) is 8.42 Å². The van der Waals surface area contributed by atoms with Gasteiger partial charge in [0, 0.05) is 13.1 Å². The van der Waals surface area contributed by atoms with Crippen molar-refractivity contribution in [1.82, 2.24) is 4.90 Å². The molecule has 0 aliphatic rings. The summed E-state index contributed by atoms with van der Waals surface area (Å²) in [7, 11) is -2.96. The minimum absolute atomic E-state index is 0.168. The van der Waals surface area contributed by atoms with E-state index in [2.05, 4.69) is 0 Å². The van der Waals surface area contributed by atoms with Gasteiger partial charge in [0.25, 0.3) is 0 Å². The molecule has 90 valence electrons. The van der Waals surface area contributed by atoms with Crippen LogP contribution in [-0.4, -0.2) is 48.9 Å². The van der Waals surface area contributed by atoms with Crippen LogP contribution in [0.2, 0.25) is 0 Å². The maximum Gasteiger partial charge on any atom is 0.153 e. The molecule has 0 atom stereocenters. The minimum Gasteiger partial charge on any atom is -0.392 e. The van der Waals surface area contributed by atoms with Crippen LogP contribution < -0.4 is 5.73 Å². The van der Waals surface area contributed by atoms with Crippen molar-refractivity contribution in [2.24, 2.45) is 5.73 Å². The van der Waals surface area contributed by atoms with Crippen molar-refractivity contribution < 1.29 is 8.42 Å². The summed E-state index contributed by atoms with van der Waals surface area (Å²) in [6.45, 7) is 7.08. The summed E-state index contributed by atoms with van der Waals surface area (Å²) in [5.74, 6) is 0.168. The number of nitrogens with zero attached hydrogens (tertiary/aromatic N) is 1. The van der Waals surface area contributed by atoms with E-state index in [0.29, 0.717) is 18.1 Å². The Morgan fingerprint density at radius 3 is 2.33 bits per heavy atom. The van der Waals surface area contributed by atoms with Crippen molar-refractivity contribution in [1.29, 1.82) is 0 Å². The van der Waals surface area contributed by atoms with Crippen LogP contribution in [0.25, 0.3) is 0 Å². The molecule has 0 bridgehead atoms. The van der Waals surface area contributed by atoms with E-state index in [0.717, 1.165) is 6.54 Å². The lowest BCUT2D eigenvalue weighted by atomic mass is 10.5. The molecule has 0 aliphatic heterocycles. The van der Waals surface area contributed by atoms with Crippen LogP contribution in [0.4, 0.5) is 0 Å². The van der Waals surface area contributed by atoms with Gasteiger partial charge in [-0.3, -0.25) is 4.90 Å². The van der Waals surface area contributed by atoms with E-state index in [1.807, 2.05) is 11.8 Å². The van der Waals surface area contributed by atoms with Gasteiger partial charge in [-0.2, -0.15) is 0 Å². The van der Waals surface area contributed by atoms with Crippen LogP contribution in [0.3, 0.4) is 0 Å². The molecule has 6 heteroatoms. The standard InChI is InChI=1S/C9H20N2O2S2/c1-4-11(7-9(10)14)5-6-15(12,13)8(2)3/h8H,4-7H2,1-3H3,(H2,10,14). The Morgan fingerprint density at radius 1 is 1.47 bits per heavy atom. The first-order valence-corrected chi connectivity index (χ1v) is 7.14. The van der Waals surface area contributed by atoms with Gasteiger partial charge in [0.05, 0.1) is 16.0 Å². The molecule has 0 aliphatic carbocycles. The summed E-state index contributed by atoms with van der Waals surface area (Å²) >= 11 is 4.78. The fourth-order valence-electron chi connectivity index (χ4n) is 1.06. The Morgan fingerprint density at radius 2 is 2.00 bits per heavy atom. The molecule has 0 radical (unpaired) electrons. The molecule has 0 heterocycles. The molecule has 0 amide bonds. The second-order valence-electron chi connectivity index (χ2n) is 3.75. The number of nitrogens with two attached hydrogens (primary N) is 1. The predicted octanol–water partition coefficient (Wildman–Crippen LogP) is 0.418. The van der Waals surface area contributed by atoms with E-state index in [4.69, 9.17) is 18.0 Å². The zero-order valence-electron chi connectivity index (χ0n) is 9.56. The lowest BCUT2D eigenvalue weighted by molar-refractivity contribution is 0.348. The van der Waals surface area contributed by atoms with Gasteiger partial charge in [-0.15, -0.1) is 0 Å². The van der Waals surface area contributed by atoms with Gasteiger partial charge in [0.15, 0.2) is 9.84 Å². The van der Waals surface area contributed by atoms with Gasteiger partial charge in [-0.05, 0) is 20.4 Å². The largest absolute Gasteiger partial charge is 0.392 e. The normalized spacial score (nSPS) is 12.3. The highest BCUT2D eigenvalue weighted by atomic mass is 32.2. The molecule has 0 saturated heterocycles. The maximum absolute atomic E-state index is 11.5. The van der Waals surface area contributed by atoms with E-state index in [-0.39, 0.29) is 11.0 Å². The third kappa shape index (κ3) is 6.06. The number of likely N-dealkylation sites (N-methyl/N-ethyl adjacent to an activating group) is 1. The minimum atomic E-state index is -2.96. The zero-order chi connectivity index (χ0) is 12.1. The van der Waals surface area contributed by atoms with Gasteiger partial charge >= 0.3 is 0 Å². The Hall–Kier alpha value is -0.200. The average Bonchev–Trinajstić information content (AvgIpc) is 2.11. The second-order valence-corrected chi connectivity index (χ2v) is 6.95. The molecular weight excluding hydrogens is 232 g/mol. The van der Waals surface area contributed by atoms with Crippen molar-refractivity contribution in [3.63, 3.8) is 0 Å². The van der Waals surface area contributed by atoms with Crippen molar-refractivity contribution in [3.05, 3.63) is 0 Å². The summed E-state index contributed by atoms with van der Waals surface area (Å²) in [4.78, 5) is 2.33. The van der Waals surface area contributed by atoms with Crippen LogP contribution in [0.1, 0.15) is 20.8 Å². The molecule has 0 spiro atoms. The molecule has 0 rings (SSSR count). The van der Waals surface area contributed by atoms with Crippen LogP contribution in [-0.2, 0) is 9.84 Å². The van der Waals surface area contributed by atoms with Crippen LogP contribution in [0.5, 0.6) is 0 Å². The smallest absolute Gasteiger partial charge is 0.153 e. The fourth-order valence-corrected chi connectivity index (χ4v) is 2.23. The van der Waals surface area contributed by atoms with Gasteiger partial charge in [-0.1, -0.05) is 19.1 Å². The quantitative estimate of drug-likeness (QED) is 0.665. The van der Waals surface area contributed by atoms with Gasteiger partial charge in [0.1, 0.15) is 0 Å². The molecule has 0 aromatic heterocycles. The molecule has 4 nitrogen and oxygen atoms in total. The first-order chi connectivity index (χ1) is 6.79. The van der Waals surface area contributed by atoms with Crippen molar-refractivity contribution in [2.75, 3.05) is 25.4 Å². The number of rotatable bonds is 7. The SMILES string of the molecule is CCN(CCS(=O)(=O)C(C)C)CC(N)=S. The zero-order valence-corrected chi connectivity index (χ0v) is 11.2. The van der Waals surface area contributed by atoms with E-state index in [1.165, 1.54) is 0 Å². The van der Waals surface area contributed by atoms with Gasteiger partial charge in [0.2, 0.25) is 0 Å². The van der Waals surface area contributed by atoms with Gasteiger partial charge in [-0.25, -0.2) is 8.42 Å². The average molecular weight is 252 g/mol. The van der Waals surface area contributed by atoms with E-state index < -0.39 is 9.84 Å². The topological polar surface area (TPSA) is 63.4 Å². The van der Waals surface area contributed by atoms with Crippen molar-refractivity contribution in [2.45, 2.75) is 26.0 Å². The summed E-state index contributed by atoms with van der Waals surface area (Å²) in [6, 6.07) is 0. The van der Waals surface area contributed by atoms with Crippen molar-refractivity contribution >= 4 is 27.0 Å². The Kier molecular flexibility index (Phi) is 6.31. The van der Waals surface area contributed by atoms with Crippen LogP contribution in [0.15, 0.2) is 0 Å².